The van der Waals surface area contributed by atoms with Crippen LogP contribution in [-0.4, -0.2) is 58.8 Å². The average Bonchev–Trinajstić information content (AvgIpc) is 2.96. The summed E-state index contributed by atoms with van der Waals surface area (Å²) in [6, 6.07) is 23.1. The van der Waals surface area contributed by atoms with Crippen LogP contribution in [0.5, 0.6) is 5.75 Å². The minimum Gasteiger partial charge on any atom is -0.481 e. The molecule has 3 aromatic carbocycles. The lowest BCUT2D eigenvalue weighted by Gasteiger charge is -2.37. The van der Waals surface area contributed by atoms with Crippen LogP contribution < -0.4 is 9.64 Å². The van der Waals surface area contributed by atoms with Crippen molar-refractivity contribution in [3.8, 4) is 17.0 Å². The molecule has 1 fully saturated rings. The van der Waals surface area contributed by atoms with Gasteiger partial charge in [0.25, 0.3) is 5.91 Å². The molecule has 4 aromatic rings. The van der Waals surface area contributed by atoms with E-state index in [9.17, 15) is 9.59 Å². The third-order valence-corrected chi connectivity index (χ3v) is 6.75. The van der Waals surface area contributed by atoms with E-state index in [1.165, 1.54) is 0 Å². The summed E-state index contributed by atoms with van der Waals surface area (Å²) >= 11 is 0. The van der Waals surface area contributed by atoms with Crippen molar-refractivity contribution < 1.29 is 14.3 Å². The highest BCUT2D eigenvalue weighted by molar-refractivity contribution is 5.94. The number of aromatic nitrogens is 2. The molecule has 1 aliphatic rings. The first kappa shape index (κ1) is 24.4. The molecule has 1 saturated heterocycles. The van der Waals surface area contributed by atoms with Crippen molar-refractivity contribution in [1.29, 1.82) is 0 Å². The summed E-state index contributed by atoms with van der Waals surface area (Å²) in [7, 11) is 0. The predicted molar refractivity (Wildman–Crippen MR) is 145 cm³/mol. The summed E-state index contributed by atoms with van der Waals surface area (Å²) in [6.07, 6.45) is 1.82. The molecular weight excluding hydrogens is 464 g/mol. The quantitative estimate of drug-likeness (QED) is 0.337. The molecule has 0 spiro atoms. The van der Waals surface area contributed by atoms with Gasteiger partial charge in [0, 0.05) is 43.0 Å². The van der Waals surface area contributed by atoms with E-state index in [0.717, 1.165) is 41.1 Å². The van der Waals surface area contributed by atoms with Gasteiger partial charge in [-0.2, -0.15) is 0 Å². The van der Waals surface area contributed by atoms with Crippen LogP contribution in [0.25, 0.3) is 22.3 Å². The van der Waals surface area contributed by atoms with Crippen molar-refractivity contribution in [3.05, 3.63) is 84.6 Å². The number of anilines is 1. The highest BCUT2D eigenvalue weighted by Crippen LogP contribution is 2.24. The normalized spacial score (nSPS) is 14.4. The van der Waals surface area contributed by atoms with Crippen molar-refractivity contribution >= 4 is 28.4 Å². The molecule has 5 rings (SSSR count). The van der Waals surface area contributed by atoms with E-state index < -0.39 is 6.10 Å². The van der Waals surface area contributed by atoms with Crippen molar-refractivity contribution in [1.82, 2.24) is 14.9 Å². The van der Waals surface area contributed by atoms with E-state index >= 15 is 0 Å². The van der Waals surface area contributed by atoms with Gasteiger partial charge < -0.3 is 14.5 Å². The molecule has 188 valence electrons. The minimum atomic E-state index is -0.535. The summed E-state index contributed by atoms with van der Waals surface area (Å²) < 4.78 is 6.11. The zero-order valence-electron chi connectivity index (χ0n) is 21.1. The maximum atomic E-state index is 13.2. The van der Waals surface area contributed by atoms with E-state index in [2.05, 4.69) is 9.88 Å². The van der Waals surface area contributed by atoms with E-state index in [1.54, 1.807) is 13.1 Å². The number of rotatable bonds is 7. The smallest absolute Gasteiger partial charge is 0.263 e. The molecule has 0 bridgehead atoms. The van der Waals surface area contributed by atoms with Crippen LogP contribution >= 0.6 is 0 Å². The number of carbonyl (C=O) groups is 2. The standard InChI is InChI=1S/C30H30N4O3/c1-3-29(30(36)34-18-16-33(17-19-34)24-12-8-22(9-13-24)21(2)35)37-25-14-10-23(11-15-25)28-20-31-26-6-4-5-7-27(26)32-28/h4-15,20,29H,3,16-19H2,1-2H3/t29-/m0/s1. The maximum Gasteiger partial charge on any atom is 0.263 e. The van der Waals surface area contributed by atoms with Gasteiger partial charge in [0.15, 0.2) is 11.9 Å². The second-order valence-electron chi connectivity index (χ2n) is 9.20. The van der Waals surface area contributed by atoms with Gasteiger partial charge in [0.05, 0.1) is 22.9 Å². The second kappa shape index (κ2) is 10.8. The fourth-order valence-electron chi connectivity index (χ4n) is 4.57. The van der Waals surface area contributed by atoms with Gasteiger partial charge in [-0.25, -0.2) is 4.98 Å². The highest BCUT2D eigenvalue weighted by atomic mass is 16.5. The van der Waals surface area contributed by atoms with Gasteiger partial charge in [-0.05, 0) is 74.0 Å². The van der Waals surface area contributed by atoms with Gasteiger partial charge in [-0.3, -0.25) is 14.6 Å². The van der Waals surface area contributed by atoms with Crippen LogP contribution in [0.15, 0.2) is 79.0 Å². The molecule has 0 saturated carbocycles. The van der Waals surface area contributed by atoms with Gasteiger partial charge >= 0.3 is 0 Å². The Hall–Kier alpha value is -4.26. The largest absolute Gasteiger partial charge is 0.481 e. The van der Waals surface area contributed by atoms with Gasteiger partial charge in [0.2, 0.25) is 0 Å². The number of Topliss-reactive ketones (excluding diaryl/α,β-unsaturated/α-hetero) is 1. The number of ketones is 1. The van der Waals surface area contributed by atoms with Gasteiger partial charge in [0.1, 0.15) is 5.75 Å². The van der Waals surface area contributed by atoms with Crippen molar-refractivity contribution in [2.24, 2.45) is 0 Å². The average molecular weight is 495 g/mol. The number of amides is 1. The maximum absolute atomic E-state index is 13.2. The van der Waals surface area contributed by atoms with Crippen LogP contribution in [0.1, 0.15) is 30.6 Å². The Morgan fingerprint density at radius 2 is 1.57 bits per heavy atom. The molecule has 0 aliphatic carbocycles. The van der Waals surface area contributed by atoms with E-state index in [1.807, 2.05) is 84.6 Å². The van der Waals surface area contributed by atoms with Crippen molar-refractivity contribution in [2.75, 3.05) is 31.1 Å². The first-order valence-corrected chi connectivity index (χ1v) is 12.7. The van der Waals surface area contributed by atoms with Crippen LogP contribution in [-0.2, 0) is 4.79 Å². The number of benzene rings is 3. The molecule has 0 unspecified atom stereocenters. The molecule has 1 amide bonds. The number of nitrogens with zero attached hydrogens (tertiary/aromatic N) is 4. The number of ether oxygens (including phenoxy) is 1. The lowest BCUT2D eigenvalue weighted by molar-refractivity contribution is -0.139. The second-order valence-corrected chi connectivity index (χ2v) is 9.20. The number of piperazine rings is 1. The molecule has 37 heavy (non-hydrogen) atoms. The van der Waals surface area contributed by atoms with E-state index in [-0.39, 0.29) is 11.7 Å². The zero-order valence-corrected chi connectivity index (χ0v) is 21.1. The molecule has 0 N–H and O–H groups in total. The Balaban J connectivity index is 1.19. The molecule has 1 atom stereocenters. The fourth-order valence-corrected chi connectivity index (χ4v) is 4.57. The number of fused-ring (bicyclic) bond motifs is 1. The monoisotopic (exact) mass is 494 g/mol. The number of para-hydroxylation sites is 2. The lowest BCUT2D eigenvalue weighted by Crippen LogP contribution is -2.52. The third-order valence-electron chi connectivity index (χ3n) is 6.75. The SMILES string of the molecule is CC[C@H](Oc1ccc(-c2cnc3ccccc3n2)cc1)C(=O)N1CCN(c2ccc(C(C)=O)cc2)CC1. The Kier molecular flexibility index (Phi) is 7.12. The number of hydrogen-bond acceptors (Lipinski definition) is 6. The summed E-state index contributed by atoms with van der Waals surface area (Å²) in [5.74, 6) is 0.727. The van der Waals surface area contributed by atoms with Crippen molar-refractivity contribution in [2.45, 2.75) is 26.4 Å². The molecular formula is C30H30N4O3. The molecule has 2 heterocycles. The van der Waals surface area contributed by atoms with E-state index in [0.29, 0.717) is 30.8 Å². The Labute approximate surface area is 216 Å². The fraction of sp³-hybridized carbons (Fsp3) is 0.267. The Morgan fingerprint density at radius 3 is 2.22 bits per heavy atom. The van der Waals surface area contributed by atoms with Crippen molar-refractivity contribution in [3.63, 3.8) is 0 Å². The summed E-state index contributed by atoms with van der Waals surface area (Å²) in [6.45, 7) is 6.28. The van der Waals surface area contributed by atoms with Crippen LogP contribution in [0.2, 0.25) is 0 Å². The van der Waals surface area contributed by atoms with Crippen LogP contribution in [0.4, 0.5) is 5.69 Å². The molecule has 0 radical (unpaired) electrons. The molecule has 7 nitrogen and oxygen atoms in total. The summed E-state index contributed by atoms with van der Waals surface area (Å²) in [5, 5.41) is 0. The van der Waals surface area contributed by atoms with Crippen LogP contribution in [0.3, 0.4) is 0 Å². The topological polar surface area (TPSA) is 75.6 Å². The Bertz CT molecular complexity index is 1390. The molecule has 1 aromatic heterocycles. The summed E-state index contributed by atoms with van der Waals surface area (Å²) in [4.78, 5) is 38.1. The molecule has 1 aliphatic heterocycles. The summed E-state index contributed by atoms with van der Waals surface area (Å²) in [5.41, 5.74) is 5.22. The number of hydrogen-bond donors (Lipinski definition) is 0. The lowest BCUT2D eigenvalue weighted by atomic mass is 10.1. The predicted octanol–water partition coefficient (Wildman–Crippen LogP) is 5.01. The first-order chi connectivity index (χ1) is 18.0. The number of carbonyl (C=O) groups excluding carboxylic acids is 2. The van der Waals surface area contributed by atoms with Gasteiger partial charge in [-0.1, -0.05) is 19.1 Å². The Morgan fingerprint density at radius 1 is 0.892 bits per heavy atom. The van der Waals surface area contributed by atoms with E-state index in [4.69, 9.17) is 9.72 Å². The zero-order chi connectivity index (χ0) is 25.8. The van der Waals surface area contributed by atoms with Crippen LogP contribution in [0, 0.1) is 0 Å². The molecule has 7 heteroatoms. The highest BCUT2D eigenvalue weighted by Gasteiger charge is 2.28. The minimum absolute atomic E-state index is 0.0125. The first-order valence-electron chi connectivity index (χ1n) is 12.7. The third kappa shape index (κ3) is 5.45. The van der Waals surface area contributed by atoms with Gasteiger partial charge in [-0.15, -0.1) is 0 Å².